The van der Waals surface area contributed by atoms with Gasteiger partial charge in [0.25, 0.3) is 0 Å². The second-order valence-electron chi connectivity index (χ2n) is 8.72. The third-order valence-corrected chi connectivity index (χ3v) is 8.29. The summed E-state index contributed by atoms with van der Waals surface area (Å²) >= 11 is 0. The molecule has 2 aliphatic rings. The highest BCUT2D eigenvalue weighted by molar-refractivity contribution is 8.24. The number of benzene rings is 2. The van der Waals surface area contributed by atoms with Crippen LogP contribution in [0.15, 0.2) is 53.4 Å². The molecule has 9 nitrogen and oxygen atoms in total. The molecule has 0 aliphatic carbocycles. The van der Waals surface area contributed by atoms with Crippen molar-refractivity contribution in [1.29, 1.82) is 0 Å². The van der Waals surface area contributed by atoms with E-state index in [-0.39, 0.29) is 11.7 Å². The predicted molar refractivity (Wildman–Crippen MR) is 132 cm³/mol. The number of likely N-dealkylation sites (tertiary alicyclic amines) is 1. The van der Waals surface area contributed by atoms with Gasteiger partial charge in [-0.2, -0.15) is 10.6 Å². The van der Waals surface area contributed by atoms with E-state index >= 15 is 0 Å². The summed E-state index contributed by atoms with van der Waals surface area (Å²) in [5.41, 5.74) is 3.07. The van der Waals surface area contributed by atoms with Crippen LogP contribution in [0.1, 0.15) is 17.5 Å². The third-order valence-electron chi connectivity index (χ3n) is 6.43. The fourth-order valence-corrected chi connectivity index (χ4v) is 6.02. The lowest BCUT2D eigenvalue weighted by Gasteiger charge is -2.37. The van der Waals surface area contributed by atoms with E-state index < -0.39 is 22.7 Å². The van der Waals surface area contributed by atoms with Crippen LogP contribution in [0, 0.1) is 6.92 Å². The summed E-state index contributed by atoms with van der Waals surface area (Å²) in [4.78, 5) is 32.7. The normalized spacial score (nSPS) is 20.1. The fourth-order valence-electron chi connectivity index (χ4n) is 4.48. The number of aryl methyl sites for hydroxylation is 1. The van der Waals surface area contributed by atoms with Crippen molar-refractivity contribution in [2.45, 2.75) is 30.8 Å². The summed E-state index contributed by atoms with van der Waals surface area (Å²) in [7, 11) is -2.92. The first-order chi connectivity index (χ1) is 16.2. The zero-order chi connectivity index (χ0) is 24.0. The molecule has 2 aromatic carbocycles. The molecule has 1 saturated heterocycles. The number of amides is 2. The predicted octanol–water partition coefficient (Wildman–Crippen LogP) is 4.36. The second kappa shape index (κ2) is 8.46. The molecule has 2 aliphatic heterocycles. The molecule has 2 amide bonds. The van der Waals surface area contributed by atoms with Gasteiger partial charge in [0.15, 0.2) is 0 Å². The number of carboxylic acid groups (broad SMARTS) is 1. The van der Waals surface area contributed by atoms with E-state index in [4.69, 9.17) is 4.98 Å². The molecule has 178 valence electrons. The zero-order valence-corrected chi connectivity index (χ0v) is 19.5. The smallest absolute Gasteiger partial charge is 0.407 e. The van der Waals surface area contributed by atoms with Gasteiger partial charge in [-0.25, -0.2) is 9.78 Å². The first-order valence-electron chi connectivity index (χ1n) is 11.0. The fraction of sp³-hybridized carbons (Fsp3) is 0.292. The van der Waals surface area contributed by atoms with Gasteiger partial charge in [0.1, 0.15) is 11.9 Å². The number of hydrogen-bond acceptors (Lipinski definition) is 6. The van der Waals surface area contributed by atoms with E-state index in [0.29, 0.717) is 48.0 Å². The largest absolute Gasteiger partial charge is 0.465 e. The van der Waals surface area contributed by atoms with Gasteiger partial charge in [-0.1, -0.05) is 29.8 Å². The van der Waals surface area contributed by atoms with Crippen LogP contribution in [-0.4, -0.2) is 61.0 Å². The molecule has 34 heavy (non-hydrogen) atoms. The van der Waals surface area contributed by atoms with E-state index in [1.54, 1.807) is 18.2 Å². The molecule has 10 heteroatoms. The number of aromatic nitrogens is 1. The quantitative estimate of drug-likeness (QED) is 0.437. The molecule has 0 saturated carbocycles. The summed E-state index contributed by atoms with van der Waals surface area (Å²) in [6.07, 6.45) is -0.627. The Kier molecular flexibility index (Phi) is 5.59. The molecule has 0 spiro atoms. The van der Waals surface area contributed by atoms with Crippen LogP contribution in [0.2, 0.25) is 0 Å². The number of fused-ring (bicyclic) bond motifs is 2. The Morgan fingerprint density at radius 2 is 1.91 bits per heavy atom. The lowest BCUT2D eigenvalue weighted by atomic mass is 10.0. The van der Waals surface area contributed by atoms with Gasteiger partial charge >= 0.3 is 6.09 Å². The Hall–Kier alpha value is -3.34. The molecule has 5 rings (SSSR count). The van der Waals surface area contributed by atoms with Crippen molar-refractivity contribution in [3.05, 3.63) is 59.7 Å². The molecule has 3 aromatic rings. The summed E-state index contributed by atoms with van der Waals surface area (Å²) in [5, 5.41) is 13.0. The topological polar surface area (TPSA) is 126 Å². The SMILES string of the molecule is Cc1ccc2nc(N3CCS(O)(O)c4ccccc4C3)cc(NC(=O)C3CCN3C(=O)O)c2c1. The van der Waals surface area contributed by atoms with Crippen LogP contribution in [0.3, 0.4) is 0 Å². The summed E-state index contributed by atoms with van der Waals surface area (Å²) in [6, 6.07) is 14.1. The van der Waals surface area contributed by atoms with Crippen molar-refractivity contribution in [2.24, 2.45) is 0 Å². The molecule has 0 radical (unpaired) electrons. The zero-order valence-electron chi connectivity index (χ0n) is 18.6. The van der Waals surface area contributed by atoms with Crippen LogP contribution >= 0.6 is 10.6 Å². The van der Waals surface area contributed by atoms with Crippen LogP contribution < -0.4 is 10.2 Å². The van der Waals surface area contributed by atoms with Gasteiger partial charge in [0, 0.05) is 31.1 Å². The average Bonchev–Trinajstić information content (AvgIpc) is 2.89. The van der Waals surface area contributed by atoms with Crippen molar-refractivity contribution in [2.75, 3.05) is 29.1 Å². The number of hydrogen-bond donors (Lipinski definition) is 4. The number of nitrogens with zero attached hydrogens (tertiary/aromatic N) is 3. The first kappa shape index (κ1) is 22.5. The number of pyridine rings is 1. The minimum Gasteiger partial charge on any atom is -0.465 e. The highest BCUT2D eigenvalue weighted by Crippen LogP contribution is 2.51. The van der Waals surface area contributed by atoms with Gasteiger partial charge in [-0.3, -0.25) is 18.8 Å². The van der Waals surface area contributed by atoms with E-state index in [1.807, 2.05) is 42.2 Å². The summed E-state index contributed by atoms with van der Waals surface area (Å²) in [5.74, 6) is 0.404. The van der Waals surface area contributed by atoms with Crippen LogP contribution in [0.5, 0.6) is 0 Å². The number of carbonyl (C=O) groups excluding carboxylic acids is 1. The van der Waals surface area contributed by atoms with E-state index in [2.05, 4.69) is 5.32 Å². The van der Waals surface area contributed by atoms with Gasteiger partial charge in [0.05, 0.1) is 21.9 Å². The highest BCUT2D eigenvalue weighted by Gasteiger charge is 2.38. The van der Waals surface area contributed by atoms with Crippen LogP contribution in [0.25, 0.3) is 10.9 Å². The number of rotatable bonds is 3. The van der Waals surface area contributed by atoms with Crippen molar-refractivity contribution < 1.29 is 23.8 Å². The minimum atomic E-state index is -2.92. The summed E-state index contributed by atoms with van der Waals surface area (Å²) < 4.78 is 21.4. The first-order valence-corrected chi connectivity index (χ1v) is 12.8. The molecular weight excluding hydrogens is 456 g/mol. The molecule has 1 atom stereocenters. The van der Waals surface area contributed by atoms with E-state index in [9.17, 15) is 23.8 Å². The Morgan fingerprint density at radius 1 is 1.12 bits per heavy atom. The molecular formula is C24H26N4O5S. The lowest BCUT2D eigenvalue weighted by Crippen LogP contribution is -2.56. The molecule has 1 fully saturated rings. The Balaban J connectivity index is 1.52. The highest BCUT2D eigenvalue weighted by atomic mass is 32.3. The maximum atomic E-state index is 12.9. The number of anilines is 2. The summed E-state index contributed by atoms with van der Waals surface area (Å²) in [6.45, 7) is 3.12. The minimum absolute atomic E-state index is 0.176. The maximum Gasteiger partial charge on any atom is 0.407 e. The average molecular weight is 483 g/mol. The molecule has 1 unspecified atom stereocenters. The standard InChI is InChI=1S/C24H26N4O5S/c1-15-6-7-18-17(12-15)19(26-23(29)20-8-9-28(20)24(30)31)13-22(25-18)27-10-11-34(32,33)21-5-3-2-4-16(21)14-27/h2-7,12-13,20,32-33H,8-11,14H2,1H3,(H,30,31)(H,25,26,29). The van der Waals surface area contributed by atoms with Crippen molar-refractivity contribution >= 4 is 45.0 Å². The number of carbonyl (C=O) groups is 2. The van der Waals surface area contributed by atoms with Crippen molar-refractivity contribution in [1.82, 2.24) is 9.88 Å². The Bertz CT molecular complexity index is 1300. The molecule has 1 aromatic heterocycles. The van der Waals surface area contributed by atoms with Crippen molar-refractivity contribution in [3.8, 4) is 0 Å². The number of nitrogens with one attached hydrogen (secondary N) is 1. The maximum absolute atomic E-state index is 12.9. The van der Waals surface area contributed by atoms with Gasteiger partial charge in [-0.05, 0) is 37.1 Å². The van der Waals surface area contributed by atoms with Gasteiger partial charge < -0.3 is 15.3 Å². The Morgan fingerprint density at radius 3 is 2.65 bits per heavy atom. The second-order valence-corrected chi connectivity index (χ2v) is 10.9. The van der Waals surface area contributed by atoms with Crippen LogP contribution in [-0.2, 0) is 11.3 Å². The van der Waals surface area contributed by atoms with Gasteiger partial charge in [0.2, 0.25) is 5.91 Å². The molecule has 3 heterocycles. The third kappa shape index (κ3) is 4.04. The molecule has 0 bridgehead atoms. The monoisotopic (exact) mass is 482 g/mol. The Labute approximate surface area is 198 Å². The molecule has 4 N–H and O–H groups in total. The van der Waals surface area contributed by atoms with Gasteiger partial charge in [-0.15, -0.1) is 0 Å². The van der Waals surface area contributed by atoms with Crippen LogP contribution in [0.4, 0.5) is 16.3 Å². The van der Waals surface area contributed by atoms with Crippen molar-refractivity contribution in [3.63, 3.8) is 0 Å². The lowest BCUT2D eigenvalue weighted by molar-refractivity contribution is -0.124. The van der Waals surface area contributed by atoms with E-state index in [0.717, 1.165) is 21.4 Å². The van der Waals surface area contributed by atoms with E-state index in [1.165, 1.54) is 0 Å².